The van der Waals surface area contributed by atoms with Gasteiger partial charge in [-0.15, -0.1) is 0 Å². The summed E-state index contributed by atoms with van der Waals surface area (Å²) < 4.78 is 3.37. The first kappa shape index (κ1) is 16.8. The number of hydrogen-bond donors (Lipinski definition) is 0. The highest BCUT2D eigenvalue weighted by Gasteiger charge is 2.33. The minimum atomic E-state index is -0.248. The first-order valence-electron chi connectivity index (χ1n) is 8.59. The number of fused-ring (bicyclic) bond motifs is 1. The van der Waals surface area contributed by atoms with Gasteiger partial charge in [0.05, 0.1) is 12.9 Å². The van der Waals surface area contributed by atoms with Crippen LogP contribution in [0.3, 0.4) is 0 Å². The van der Waals surface area contributed by atoms with E-state index in [-0.39, 0.29) is 23.0 Å². The standard InChI is InChI=1S/C20H18ClN3O2/c1-23-17-9-5-8-15(14-10-11-16(21)22-12-14)24(17)20(26)18(19(23)25)13-6-3-2-4-7-13/h2-4,6-7,10-12,15H,5,8-9H2,1H3. The molecule has 3 aromatic rings. The summed E-state index contributed by atoms with van der Waals surface area (Å²) in [6.45, 7) is 0. The van der Waals surface area contributed by atoms with Crippen LogP contribution in [0.1, 0.15) is 30.3 Å². The molecule has 3 heterocycles. The molecular weight excluding hydrogens is 350 g/mol. The lowest BCUT2D eigenvalue weighted by Gasteiger charge is -2.26. The molecule has 4 rings (SSSR count). The number of nitrogens with zero attached hydrogens (tertiary/aromatic N) is 3. The van der Waals surface area contributed by atoms with E-state index in [1.54, 1.807) is 40.6 Å². The van der Waals surface area contributed by atoms with Crippen LogP contribution in [0, 0.1) is 0 Å². The minimum Gasteiger partial charge on any atom is -0.842 e. The summed E-state index contributed by atoms with van der Waals surface area (Å²) in [4.78, 5) is 17.5. The predicted molar refractivity (Wildman–Crippen MR) is 97.1 cm³/mol. The lowest BCUT2D eigenvalue weighted by molar-refractivity contribution is -0.724. The second kappa shape index (κ2) is 6.57. The van der Waals surface area contributed by atoms with Crippen molar-refractivity contribution in [2.45, 2.75) is 25.3 Å². The Labute approximate surface area is 156 Å². The van der Waals surface area contributed by atoms with Gasteiger partial charge in [0.25, 0.3) is 5.82 Å². The Morgan fingerprint density at radius 3 is 2.69 bits per heavy atom. The van der Waals surface area contributed by atoms with Crippen molar-refractivity contribution in [1.82, 2.24) is 9.55 Å². The molecule has 0 amide bonds. The van der Waals surface area contributed by atoms with Crippen LogP contribution in [0.5, 0.6) is 5.88 Å². The Morgan fingerprint density at radius 1 is 1.23 bits per heavy atom. The first-order chi connectivity index (χ1) is 12.6. The largest absolute Gasteiger partial charge is 0.842 e. The van der Waals surface area contributed by atoms with Crippen molar-refractivity contribution >= 4 is 11.6 Å². The van der Waals surface area contributed by atoms with E-state index < -0.39 is 0 Å². The van der Waals surface area contributed by atoms with E-state index in [9.17, 15) is 9.90 Å². The van der Waals surface area contributed by atoms with Crippen molar-refractivity contribution in [3.8, 4) is 17.0 Å². The van der Waals surface area contributed by atoms with Gasteiger partial charge < -0.3 is 5.11 Å². The van der Waals surface area contributed by atoms with E-state index in [0.717, 1.165) is 24.2 Å². The monoisotopic (exact) mass is 367 g/mol. The number of aromatic nitrogens is 3. The highest BCUT2D eigenvalue weighted by molar-refractivity contribution is 6.29. The Kier molecular flexibility index (Phi) is 4.24. The van der Waals surface area contributed by atoms with Gasteiger partial charge in [-0.2, -0.15) is 4.57 Å². The number of rotatable bonds is 2. The highest BCUT2D eigenvalue weighted by atomic mass is 35.5. The Hall–Kier alpha value is -2.66. The lowest BCUT2D eigenvalue weighted by Crippen LogP contribution is -2.49. The van der Waals surface area contributed by atoms with Crippen LogP contribution in [-0.4, -0.2) is 9.55 Å². The zero-order chi connectivity index (χ0) is 18.3. The van der Waals surface area contributed by atoms with Gasteiger partial charge in [-0.25, -0.2) is 14.3 Å². The normalized spacial score (nSPS) is 16.3. The van der Waals surface area contributed by atoms with Crippen LogP contribution in [0.4, 0.5) is 0 Å². The molecule has 132 valence electrons. The molecule has 0 radical (unpaired) electrons. The summed E-state index contributed by atoms with van der Waals surface area (Å²) in [5.74, 6) is 0.508. The van der Waals surface area contributed by atoms with Crippen molar-refractivity contribution in [1.29, 1.82) is 0 Å². The van der Waals surface area contributed by atoms with E-state index in [0.29, 0.717) is 17.1 Å². The summed E-state index contributed by atoms with van der Waals surface area (Å²) in [7, 11) is 1.74. The molecule has 0 saturated carbocycles. The molecule has 0 spiro atoms. The third kappa shape index (κ3) is 2.69. The van der Waals surface area contributed by atoms with Gasteiger partial charge in [0, 0.05) is 18.2 Å². The summed E-state index contributed by atoms with van der Waals surface area (Å²) >= 11 is 5.91. The molecule has 2 aromatic heterocycles. The van der Waals surface area contributed by atoms with Crippen LogP contribution in [-0.2, 0) is 13.5 Å². The molecule has 1 atom stereocenters. The Morgan fingerprint density at radius 2 is 2.00 bits per heavy atom. The van der Waals surface area contributed by atoms with Gasteiger partial charge >= 0.3 is 5.56 Å². The van der Waals surface area contributed by atoms with Crippen LogP contribution >= 0.6 is 11.6 Å². The van der Waals surface area contributed by atoms with Gasteiger partial charge in [-0.3, -0.25) is 0 Å². The molecule has 0 fully saturated rings. The molecule has 1 aliphatic heterocycles. The molecule has 0 aliphatic carbocycles. The molecule has 0 saturated heterocycles. The predicted octanol–water partition coefficient (Wildman–Crippen LogP) is 2.39. The van der Waals surface area contributed by atoms with Gasteiger partial charge in [-0.05, 0) is 24.5 Å². The number of pyridine rings is 1. The summed E-state index contributed by atoms with van der Waals surface area (Å²) in [5.41, 5.74) is 1.54. The second-order valence-electron chi connectivity index (χ2n) is 6.52. The fraction of sp³-hybridized carbons (Fsp3) is 0.250. The molecule has 1 unspecified atom stereocenters. The number of halogens is 1. The SMILES string of the molecule is C[n+]1c([O-])c(-c2ccccc2)c(=O)n2c1CCCC2c1ccc(Cl)nc1. The fourth-order valence-corrected chi connectivity index (χ4v) is 3.83. The Bertz CT molecular complexity index is 1010. The van der Waals surface area contributed by atoms with Crippen LogP contribution in [0.15, 0.2) is 53.5 Å². The van der Waals surface area contributed by atoms with E-state index >= 15 is 0 Å². The van der Waals surface area contributed by atoms with Gasteiger partial charge in [0.15, 0.2) is 0 Å². The number of benzene rings is 1. The molecule has 6 heteroatoms. The molecule has 5 nitrogen and oxygen atoms in total. The van der Waals surface area contributed by atoms with E-state index in [4.69, 9.17) is 11.6 Å². The van der Waals surface area contributed by atoms with Crippen molar-refractivity contribution < 1.29 is 9.67 Å². The summed E-state index contributed by atoms with van der Waals surface area (Å²) in [5, 5.41) is 13.3. The maximum atomic E-state index is 13.3. The molecule has 1 aromatic carbocycles. The van der Waals surface area contributed by atoms with Crippen molar-refractivity contribution in [3.63, 3.8) is 0 Å². The first-order valence-corrected chi connectivity index (χ1v) is 8.97. The zero-order valence-corrected chi connectivity index (χ0v) is 15.1. The van der Waals surface area contributed by atoms with E-state index in [1.165, 1.54) is 0 Å². The van der Waals surface area contributed by atoms with Crippen LogP contribution < -0.4 is 15.2 Å². The number of hydrogen-bond acceptors (Lipinski definition) is 3. The van der Waals surface area contributed by atoms with Crippen molar-refractivity contribution in [2.24, 2.45) is 7.05 Å². The maximum Gasteiger partial charge on any atom is 0.345 e. The Balaban J connectivity index is 1.98. The smallest absolute Gasteiger partial charge is 0.345 e. The maximum absolute atomic E-state index is 13.3. The van der Waals surface area contributed by atoms with Crippen molar-refractivity contribution in [2.75, 3.05) is 0 Å². The minimum absolute atomic E-state index is 0.148. The van der Waals surface area contributed by atoms with Crippen LogP contribution in [0.25, 0.3) is 11.1 Å². The van der Waals surface area contributed by atoms with Gasteiger partial charge in [0.2, 0.25) is 0 Å². The average Bonchev–Trinajstić information content (AvgIpc) is 2.67. The van der Waals surface area contributed by atoms with Crippen molar-refractivity contribution in [3.05, 3.63) is 75.6 Å². The van der Waals surface area contributed by atoms with E-state index in [2.05, 4.69) is 4.98 Å². The fourth-order valence-electron chi connectivity index (χ4n) is 3.72. The zero-order valence-electron chi connectivity index (χ0n) is 14.4. The summed E-state index contributed by atoms with van der Waals surface area (Å²) in [6, 6.07) is 12.6. The van der Waals surface area contributed by atoms with Gasteiger partial charge in [-0.1, -0.05) is 48.0 Å². The molecule has 1 aliphatic rings. The highest BCUT2D eigenvalue weighted by Crippen LogP contribution is 2.30. The molecule has 26 heavy (non-hydrogen) atoms. The quantitative estimate of drug-likeness (QED) is 0.516. The van der Waals surface area contributed by atoms with Gasteiger partial charge in [0.1, 0.15) is 16.8 Å². The second-order valence-corrected chi connectivity index (χ2v) is 6.91. The topological polar surface area (TPSA) is 61.8 Å². The lowest BCUT2D eigenvalue weighted by atomic mass is 9.97. The van der Waals surface area contributed by atoms with E-state index in [1.807, 2.05) is 24.3 Å². The third-order valence-electron chi connectivity index (χ3n) is 5.00. The summed E-state index contributed by atoms with van der Waals surface area (Å²) in [6.07, 6.45) is 4.14. The molecular formula is C20H18ClN3O2. The van der Waals surface area contributed by atoms with Crippen LogP contribution in [0.2, 0.25) is 5.15 Å². The molecule has 0 N–H and O–H groups in total. The average molecular weight is 368 g/mol. The third-order valence-corrected chi connectivity index (χ3v) is 5.23. The molecule has 0 bridgehead atoms.